The lowest BCUT2D eigenvalue weighted by Crippen LogP contribution is -2.37. The van der Waals surface area contributed by atoms with E-state index in [1.165, 1.54) is 6.07 Å². The topological polar surface area (TPSA) is 95.9 Å². The number of aryl methyl sites for hydroxylation is 2. The summed E-state index contributed by atoms with van der Waals surface area (Å²) in [6.45, 7) is 12.5. The molecule has 0 radical (unpaired) electrons. The number of halogens is 2. The Labute approximate surface area is 268 Å². The van der Waals surface area contributed by atoms with Crippen molar-refractivity contribution in [3.05, 3.63) is 93.6 Å². The smallest absolute Gasteiger partial charge is 0.159 e. The van der Waals surface area contributed by atoms with Gasteiger partial charge in [-0.25, -0.2) is 13.8 Å². The number of aromatic nitrogens is 4. The van der Waals surface area contributed by atoms with Crippen LogP contribution >= 0.6 is 0 Å². The lowest BCUT2D eigenvalue weighted by Gasteiger charge is -2.31. The Kier molecular flexibility index (Phi) is 8.74. The molecule has 1 aliphatic rings. The Balaban J connectivity index is 1.51. The molecule has 0 saturated carbocycles. The fourth-order valence-electron chi connectivity index (χ4n) is 6.51. The van der Waals surface area contributed by atoms with Crippen molar-refractivity contribution >= 4 is 22.4 Å². The predicted octanol–water partition coefficient (Wildman–Crippen LogP) is 7.46. The zero-order chi connectivity index (χ0) is 32.7. The summed E-state index contributed by atoms with van der Waals surface area (Å²) in [4.78, 5) is 7.58. The summed E-state index contributed by atoms with van der Waals surface area (Å²) >= 11 is 0. The average Bonchev–Trinajstić information content (AvgIpc) is 3.57. The van der Waals surface area contributed by atoms with Gasteiger partial charge in [0, 0.05) is 17.1 Å². The zero-order valence-electron chi connectivity index (χ0n) is 27.3. The standard InChI is InChI=1S/C36H41F2N7O/c1-20(2)15-30-21(3)32(25-8-10-31-26(17-25)18-40-45(31)19-24-7-9-28(37)29(38)16-24)34(35(39)33-22(4)43-46-23(33)5)36(42-30)41-27-11-13-44(6)14-12-27/h7-10,16-18,20,27,39H,11-15,19H2,1-6H3,(H,41,42). The molecule has 10 heteroatoms. The van der Waals surface area contributed by atoms with Gasteiger partial charge in [-0.3, -0.25) is 10.1 Å². The van der Waals surface area contributed by atoms with E-state index in [0.29, 0.717) is 46.6 Å². The fourth-order valence-corrected chi connectivity index (χ4v) is 6.51. The molecule has 1 saturated heterocycles. The number of likely N-dealkylation sites (tertiary alicyclic amines) is 1. The molecule has 1 aliphatic heterocycles. The molecule has 0 bridgehead atoms. The van der Waals surface area contributed by atoms with Gasteiger partial charge in [0.25, 0.3) is 0 Å². The van der Waals surface area contributed by atoms with Crippen LogP contribution < -0.4 is 5.32 Å². The van der Waals surface area contributed by atoms with E-state index >= 15 is 0 Å². The number of fused-ring (bicyclic) bond motifs is 1. The molecule has 3 aromatic heterocycles. The maximum Gasteiger partial charge on any atom is 0.159 e. The van der Waals surface area contributed by atoms with Gasteiger partial charge in [0.1, 0.15) is 11.6 Å². The van der Waals surface area contributed by atoms with E-state index in [2.05, 4.69) is 60.4 Å². The van der Waals surface area contributed by atoms with Crippen LogP contribution in [-0.4, -0.2) is 56.7 Å². The number of hydrogen-bond donors (Lipinski definition) is 2. The van der Waals surface area contributed by atoms with Crippen LogP contribution in [0.25, 0.3) is 22.0 Å². The Morgan fingerprint density at radius 2 is 1.80 bits per heavy atom. The third-order valence-corrected chi connectivity index (χ3v) is 8.98. The van der Waals surface area contributed by atoms with Gasteiger partial charge in [-0.05, 0) is 113 Å². The van der Waals surface area contributed by atoms with Crippen LogP contribution in [0.3, 0.4) is 0 Å². The zero-order valence-corrected chi connectivity index (χ0v) is 27.3. The number of nitrogens with one attached hydrogen (secondary N) is 2. The minimum atomic E-state index is -0.875. The van der Waals surface area contributed by atoms with E-state index in [0.717, 1.165) is 77.3 Å². The molecule has 0 amide bonds. The minimum Gasteiger partial charge on any atom is -0.367 e. The monoisotopic (exact) mass is 625 g/mol. The summed E-state index contributed by atoms with van der Waals surface area (Å²) in [5.74, 6) is -0.0490. The van der Waals surface area contributed by atoms with Crippen LogP contribution in [0.1, 0.15) is 66.1 Å². The van der Waals surface area contributed by atoms with Crippen molar-refractivity contribution in [1.29, 1.82) is 5.41 Å². The summed E-state index contributed by atoms with van der Waals surface area (Å²) in [6.07, 6.45) is 4.57. The molecular weight excluding hydrogens is 584 g/mol. The van der Waals surface area contributed by atoms with E-state index < -0.39 is 11.6 Å². The second-order valence-corrected chi connectivity index (χ2v) is 13.0. The maximum absolute atomic E-state index is 13.9. The Morgan fingerprint density at radius 1 is 1.04 bits per heavy atom. The molecule has 0 atom stereocenters. The quantitative estimate of drug-likeness (QED) is 0.165. The van der Waals surface area contributed by atoms with Crippen molar-refractivity contribution in [3.8, 4) is 11.1 Å². The SMILES string of the molecule is Cc1noc(C)c1C(=N)c1c(NC2CCN(C)CC2)nc(CC(C)C)c(C)c1-c1ccc2c(cnn2Cc2ccc(F)c(F)c2)c1. The first kappa shape index (κ1) is 31.5. The van der Waals surface area contributed by atoms with Crippen molar-refractivity contribution in [3.63, 3.8) is 0 Å². The van der Waals surface area contributed by atoms with E-state index in [1.54, 1.807) is 16.9 Å². The molecule has 0 aliphatic carbocycles. The fraction of sp³-hybridized carbons (Fsp3) is 0.389. The molecule has 240 valence electrons. The van der Waals surface area contributed by atoms with E-state index in [1.807, 2.05) is 19.9 Å². The Morgan fingerprint density at radius 3 is 2.48 bits per heavy atom. The molecule has 6 rings (SSSR count). The normalized spacial score (nSPS) is 14.5. The van der Waals surface area contributed by atoms with Crippen molar-refractivity contribution < 1.29 is 13.3 Å². The average molecular weight is 626 g/mol. The molecular formula is C36H41F2N7O. The van der Waals surface area contributed by atoms with Crippen LogP contribution in [0.15, 0.2) is 47.1 Å². The largest absolute Gasteiger partial charge is 0.367 e. The lowest BCUT2D eigenvalue weighted by molar-refractivity contribution is 0.263. The third kappa shape index (κ3) is 6.18. The first-order valence-electron chi connectivity index (χ1n) is 15.9. The van der Waals surface area contributed by atoms with Gasteiger partial charge in [-0.1, -0.05) is 31.1 Å². The van der Waals surface area contributed by atoms with Gasteiger partial charge in [0.05, 0.1) is 40.8 Å². The first-order chi connectivity index (χ1) is 22.0. The lowest BCUT2D eigenvalue weighted by atomic mass is 9.87. The van der Waals surface area contributed by atoms with Gasteiger partial charge >= 0.3 is 0 Å². The van der Waals surface area contributed by atoms with Gasteiger partial charge in [0.15, 0.2) is 11.6 Å². The number of nitrogens with zero attached hydrogens (tertiary/aromatic N) is 5. The van der Waals surface area contributed by atoms with Crippen LogP contribution in [0.4, 0.5) is 14.6 Å². The van der Waals surface area contributed by atoms with E-state index in [-0.39, 0.29) is 6.04 Å². The minimum absolute atomic E-state index is 0.236. The summed E-state index contributed by atoms with van der Waals surface area (Å²) in [5.41, 5.74) is 7.80. The summed E-state index contributed by atoms with van der Waals surface area (Å²) in [7, 11) is 2.15. The number of hydrogen-bond acceptors (Lipinski definition) is 7. The van der Waals surface area contributed by atoms with Crippen LogP contribution in [0.2, 0.25) is 0 Å². The number of rotatable bonds is 9. The summed E-state index contributed by atoms with van der Waals surface area (Å²) < 4.78 is 34.8. The molecule has 1 fully saturated rings. The third-order valence-electron chi connectivity index (χ3n) is 8.98. The maximum atomic E-state index is 13.9. The summed E-state index contributed by atoms with van der Waals surface area (Å²) in [5, 5.41) is 23.1. The van der Waals surface area contributed by atoms with Crippen LogP contribution in [0.5, 0.6) is 0 Å². The molecule has 46 heavy (non-hydrogen) atoms. The van der Waals surface area contributed by atoms with Crippen molar-refractivity contribution in [2.24, 2.45) is 5.92 Å². The molecule has 5 aromatic rings. The van der Waals surface area contributed by atoms with Crippen molar-refractivity contribution in [2.75, 3.05) is 25.5 Å². The molecule has 8 nitrogen and oxygen atoms in total. The van der Waals surface area contributed by atoms with E-state index in [9.17, 15) is 14.2 Å². The molecule has 2 N–H and O–H groups in total. The molecule has 4 heterocycles. The Bertz CT molecular complexity index is 1900. The van der Waals surface area contributed by atoms with Crippen LogP contribution in [0, 0.1) is 43.7 Å². The van der Waals surface area contributed by atoms with Gasteiger partial charge in [-0.15, -0.1) is 0 Å². The van der Waals surface area contributed by atoms with Gasteiger partial charge < -0.3 is 14.7 Å². The molecule has 0 spiro atoms. The number of pyridine rings is 1. The van der Waals surface area contributed by atoms with Crippen molar-refractivity contribution in [1.82, 2.24) is 24.8 Å². The highest BCUT2D eigenvalue weighted by atomic mass is 19.2. The highest BCUT2D eigenvalue weighted by molar-refractivity contribution is 6.19. The Hall–Kier alpha value is -4.44. The number of anilines is 1. The predicted molar refractivity (Wildman–Crippen MR) is 178 cm³/mol. The second-order valence-electron chi connectivity index (χ2n) is 13.0. The molecule has 0 unspecified atom stereocenters. The van der Waals surface area contributed by atoms with Crippen LogP contribution in [-0.2, 0) is 13.0 Å². The second kappa shape index (κ2) is 12.7. The van der Waals surface area contributed by atoms with Gasteiger partial charge in [-0.2, -0.15) is 5.10 Å². The highest BCUT2D eigenvalue weighted by Gasteiger charge is 2.28. The highest BCUT2D eigenvalue weighted by Crippen LogP contribution is 2.38. The molecule has 2 aromatic carbocycles. The first-order valence-corrected chi connectivity index (χ1v) is 15.9. The number of piperidine rings is 1. The van der Waals surface area contributed by atoms with E-state index in [4.69, 9.17) is 9.51 Å². The van der Waals surface area contributed by atoms with Gasteiger partial charge in [0.2, 0.25) is 0 Å². The summed E-state index contributed by atoms with van der Waals surface area (Å²) in [6, 6.07) is 10.3. The van der Waals surface area contributed by atoms with Crippen molar-refractivity contribution in [2.45, 2.75) is 66.5 Å². The number of benzene rings is 2.